The molecule has 0 bridgehead atoms. The smallest absolute Gasteiger partial charge is 0.269 e. The Bertz CT molecular complexity index is 616. The van der Waals surface area contributed by atoms with Gasteiger partial charge in [0.1, 0.15) is 0 Å². The van der Waals surface area contributed by atoms with Crippen LogP contribution in [0.3, 0.4) is 0 Å². The van der Waals surface area contributed by atoms with Gasteiger partial charge < -0.3 is 5.73 Å². The van der Waals surface area contributed by atoms with Crippen LogP contribution in [-0.4, -0.2) is 36.8 Å². The summed E-state index contributed by atoms with van der Waals surface area (Å²) in [6.07, 6.45) is 0. The van der Waals surface area contributed by atoms with Gasteiger partial charge in [-0.25, -0.2) is 8.42 Å². The van der Waals surface area contributed by atoms with Crippen LogP contribution in [0.2, 0.25) is 0 Å². The van der Waals surface area contributed by atoms with Crippen molar-refractivity contribution in [2.75, 3.05) is 13.1 Å². The molecule has 102 valence electrons. The molecule has 8 heteroatoms. The summed E-state index contributed by atoms with van der Waals surface area (Å²) in [7, 11) is -3.55. The second kappa shape index (κ2) is 3.99. The van der Waals surface area contributed by atoms with Crippen LogP contribution in [0, 0.1) is 22.0 Å². The highest BCUT2D eigenvalue weighted by Gasteiger charge is 2.56. The van der Waals surface area contributed by atoms with E-state index in [-0.39, 0.29) is 28.5 Å². The summed E-state index contributed by atoms with van der Waals surface area (Å²) in [5, 5.41) is 10.5. The molecular formula is C11H13N3O4S. The number of nitrogens with two attached hydrogens (primary N) is 1. The number of nitro groups is 1. The third kappa shape index (κ3) is 1.92. The van der Waals surface area contributed by atoms with Crippen molar-refractivity contribution in [3.05, 3.63) is 34.4 Å². The Morgan fingerprint density at radius 3 is 2.21 bits per heavy atom. The number of non-ortho nitro benzene ring substituents is 1. The first-order chi connectivity index (χ1) is 8.91. The van der Waals surface area contributed by atoms with E-state index in [0.717, 1.165) is 0 Å². The van der Waals surface area contributed by atoms with Crippen molar-refractivity contribution >= 4 is 15.7 Å². The van der Waals surface area contributed by atoms with E-state index in [0.29, 0.717) is 13.1 Å². The Labute approximate surface area is 110 Å². The van der Waals surface area contributed by atoms with Crippen molar-refractivity contribution in [2.45, 2.75) is 10.9 Å². The molecule has 0 unspecified atom stereocenters. The molecule has 2 fully saturated rings. The van der Waals surface area contributed by atoms with Crippen LogP contribution < -0.4 is 5.73 Å². The van der Waals surface area contributed by atoms with Crippen molar-refractivity contribution < 1.29 is 13.3 Å². The third-order valence-corrected chi connectivity index (χ3v) is 5.76. The number of fused-ring (bicyclic) bond motifs is 1. The Kier molecular flexibility index (Phi) is 2.63. The van der Waals surface area contributed by atoms with E-state index in [1.165, 1.54) is 28.6 Å². The fourth-order valence-electron chi connectivity index (χ4n) is 2.62. The van der Waals surface area contributed by atoms with Crippen LogP contribution in [0.5, 0.6) is 0 Å². The van der Waals surface area contributed by atoms with Crippen LogP contribution >= 0.6 is 0 Å². The normalized spacial score (nSPS) is 30.1. The maximum absolute atomic E-state index is 12.3. The summed E-state index contributed by atoms with van der Waals surface area (Å²) in [6, 6.07) is 5.09. The van der Waals surface area contributed by atoms with Gasteiger partial charge in [-0.15, -0.1) is 0 Å². The zero-order valence-corrected chi connectivity index (χ0v) is 10.8. The van der Waals surface area contributed by atoms with E-state index in [1.807, 2.05) is 0 Å². The van der Waals surface area contributed by atoms with Gasteiger partial charge in [0, 0.05) is 31.3 Å². The second-order valence-electron chi connectivity index (χ2n) is 4.98. The summed E-state index contributed by atoms with van der Waals surface area (Å²) >= 11 is 0. The first kappa shape index (κ1) is 12.5. The summed E-state index contributed by atoms with van der Waals surface area (Å²) < 4.78 is 26.0. The minimum atomic E-state index is -3.55. The van der Waals surface area contributed by atoms with Crippen molar-refractivity contribution in [2.24, 2.45) is 17.6 Å². The molecule has 7 nitrogen and oxygen atoms in total. The molecule has 2 N–H and O–H groups in total. The van der Waals surface area contributed by atoms with Crippen LogP contribution in [-0.2, 0) is 10.0 Å². The molecule has 19 heavy (non-hydrogen) atoms. The highest BCUT2D eigenvalue weighted by atomic mass is 32.2. The van der Waals surface area contributed by atoms with E-state index in [2.05, 4.69) is 0 Å². The topological polar surface area (TPSA) is 107 Å². The highest BCUT2D eigenvalue weighted by molar-refractivity contribution is 7.89. The predicted octanol–water partition coefficient (Wildman–Crippen LogP) is 0.172. The molecule has 1 heterocycles. The number of sulfonamides is 1. The molecule has 3 rings (SSSR count). The maximum atomic E-state index is 12.3. The largest absolute Gasteiger partial charge is 0.327 e. The van der Waals surface area contributed by atoms with Crippen molar-refractivity contribution in [1.29, 1.82) is 0 Å². The molecular weight excluding hydrogens is 270 g/mol. The van der Waals surface area contributed by atoms with Gasteiger partial charge >= 0.3 is 0 Å². The van der Waals surface area contributed by atoms with Crippen LogP contribution in [0.1, 0.15) is 0 Å². The van der Waals surface area contributed by atoms with Gasteiger partial charge in [0.25, 0.3) is 5.69 Å². The molecule has 1 saturated heterocycles. The van der Waals surface area contributed by atoms with E-state index in [4.69, 9.17) is 5.73 Å². The predicted molar refractivity (Wildman–Crippen MR) is 66.8 cm³/mol. The van der Waals surface area contributed by atoms with Gasteiger partial charge in [0.05, 0.1) is 9.82 Å². The van der Waals surface area contributed by atoms with Gasteiger partial charge in [-0.3, -0.25) is 10.1 Å². The SMILES string of the molecule is NC1[C@H]2CN(S(=O)(=O)c3ccc([N+](=O)[O-])cc3)C[C@H]12. The summed E-state index contributed by atoms with van der Waals surface area (Å²) in [5.74, 6) is 0.542. The number of benzene rings is 1. The average molecular weight is 283 g/mol. The monoisotopic (exact) mass is 283 g/mol. The summed E-state index contributed by atoms with van der Waals surface area (Å²) in [6.45, 7) is 0.899. The summed E-state index contributed by atoms with van der Waals surface area (Å²) in [5.41, 5.74) is 5.65. The average Bonchev–Trinajstić information content (AvgIpc) is 2.80. The standard InChI is InChI=1S/C11H13N3O4S/c12-11-9-5-13(6-10(9)11)19(17,18)8-3-1-7(2-4-8)14(15)16/h1-4,9-11H,5-6,12H2/t9-,10-/m0/s1. The summed E-state index contributed by atoms with van der Waals surface area (Å²) in [4.78, 5) is 10.1. The van der Waals surface area contributed by atoms with E-state index >= 15 is 0 Å². The second-order valence-corrected chi connectivity index (χ2v) is 6.92. The molecule has 2 atom stereocenters. The quantitative estimate of drug-likeness (QED) is 0.628. The lowest BCUT2D eigenvalue weighted by atomic mass is 10.3. The van der Waals surface area contributed by atoms with Gasteiger partial charge in [-0.2, -0.15) is 4.31 Å². The molecule has 0 radical (unpaired) electrons. The van der Waals surface area contributed by atoms with Gasteiger partial charge in [-0.1, -0.05) is 0 Å². The minimum Gasteiger partial charge on any atom is -0.327 e. The van der Waals surface area contributed by atoms with Crippen LogP contribution in [0.25, 0.3) is 0 Å². The van der Waals surface area contributed by atoms with Crippen molar-refractivity contribution in [3.8, 4) is 0 Å². The fraction of sp³-hybridized carbons (Fsp3) is 0.455. The maximum Gasteiger partial charge on any atom is 0.269 e. The van der Waals surface area contributed by atoms with Crippen molar-refractivity contribution in [1.82, 2.24) is 4.31 Å². The first-order valence-corrected chi connectivity index (χ1v) is 7.35. The molecule has 1 saturated carbocycles. The Hall–Kier alpha value is -1.51. The molecule has 1 aromatic rings. The van der Waals surface area contributed by atoms with E-state index in [1.54, 1.807) is 0 Å². The molecule has 2 aliphatic rings. The number of nitro benzene ring substituents is 1. The van der Waals surface area contributed by atoms with Gasteiger partial charge in [-0.05, 0) is 24.0 Å². The molecule has 0 amide bonds. The zero-order valence-electron chi connectivity index (χ0n) is 9.97. The molecule has 0 aromatic heterocycles. The van der Waals surface area contributed by atoms with Gasteiger partial charge in [0.2, 0.25) is 10.0 Å². The zero-order chi connectivity index (χ0) is 13.8. The number of nitrogens with zero attached hydrogens (tertiary/aromatic N) is 2. The Morgan fingerprint density at radius 2 is 1.74 bits per heavy atom. The van der Waals surface area contributed by atoms with E-state index in [9.17, 15) is 18.5 Å². The highest BCUT2D eigenvalue weighted by Crippen LogP contribution is 2.45. The Balaban J connectivity index is 1.83. The molecule has 1 aliphatic heterocycles. The number of hydrogen-bond acceptors (Lipinski definition) is 5. The molecule has 0 spiro atoms. The van der Waals surface area contributed by atoms with Crippen LogP contribution in [0.4, 0.5) is 5.69 Å². The third-order valence-electron chi connectivity index (χ3n) is 3.91. The minimum absolute atomic E-state index is 0.0907. The molecule has 1 aromatic carbocycles. The lowest BCUT2D eigenvalue weighted by Crippen LogP contribution is -2.33. The number of hydrogen-bond donors (Lipinski definition) is 1. The van der Waals surface area contributed by atoms with Crippen LogP contribution in [0.15, 0.2) is 29.2 Å². The van der Waals surface area contributed by atoms with E-state index < -0.39 is 14.9 Å². The lowest BCUT2D eigenvalue weighted by molar-refractivity contribution is -0.384. The first-order valence-electron chi connectivity index (χ1n) is 5.91. The molecule has 1 aliphatic carbocycles. The fourth-order valence-corrected chi connectivity index (χ4v) is 4.13. The lowest BCUT2D eigenvalue weighted by Gasteiger charge is -2.18. The van der Waals surface area contributed by atoms with Crippen molar-refractivity contribution in [3.63, 3.8) is 0 Å². The van der Waals surface area contributed by atoms with Gasteiger partial charge in [0.15, 0.2) is 0 Å². The number of rotatable bonds is 3. The Morgan fingerprint density at radius 1 is 1.21 bits per heavy atom. The number of piperidine rings is 1.